The monoisotopic (exact) mass is 490 g/mol. The van der Waals surface area contributed by atoms with Gasteiger partial charge in [0, 0.05) is 5.56 Å². The first kappa shape index (κ1) is 24.0. The summed E-state index contributed by atoms with van der Waals surface area (Å²) in [4.78, 5) is 40.3. The molecule has 0 spiro atoms. The number of anilines is 1. The number of carbonyl (C=O) groups is 3. The number of urea groups is 1. The summed E-state index contributed by atoms with van der Waals surface area (Å²) in [7, 11) is 0. The lowest BCUT2D eigenvalue weighted by atomic mass is 9.99. The maximum atomic E-state index is 13.6. The standard InChI is InChI=1S/C31H26N2O4/c1-19-11-13-22(14-12-19)18-37-28-16-15-23-8-4-5-9-24(23)25(28)17-26-29(34)32-31(36)33(30(26)35)27-10-6-7-20(2)21(27)3/h4-17H,18H2,1-3H3,(H,32,34,36)/b26-17+. The molecule has 0 atom stereocenters. The number of hydrogen-bond donors (Lipinski definition) is 1. The summed E-state index contributed by atoms with van der Waals surface area (Å²) in [6.45, 7) is 6.09. The van der Waals surface area contributed by atoms with Crippen LogP contribution < -0.4 is 15.0 Å². The molecular formula is C31H26N2O4. The van der Waals surface area contributed by atoms with Gasteiger partial charge in [0.25, 0.3) is 11.8 Å². The van der Waals surface area contributed by atoms with Gasteiger partial charge in [-0.1, -0.05) is 72.3 Å². The molecule has 0 bridgehead atoms. The molecule has 1 aliphatic rings. The third kappa shape index (κ3) is 4.61. The van der Waals surface area contributed by atoms with E-state index in [1.54, 1.807) is 12.1 Å². The molecule has 1 heterocycles. The first-order chi connectivity index (χ1) is 17.8. The Kier molecular flexibility index (Phi) is 6.32. The first-order valence-corrected chi connectivity index (χ1v) is 12.0. The average Bonchev–Trinajstić information content (AvgIpc) is 2.89. The van der Waals surface area contributed by atoms with Crippen LogP contribution in [0.15, 0.2) is 84.4 Å². The number of aryl methyl sites for hydroxylation is 2. The van der Waals surface area contributed by atoms with Gasteiger partial charge in [0.05, 0.1) is 5.69 Å². The minimum atomic E-state index is -0.769. The van der Waals surface area contributed by atoms with E-state index >= 15 is 0 Å². The van der Waals surface area contributed by atoms with Crippen LogP contribution in [0.5, 0.6) is 5.75 Å². The molecule has 4 aromatic carbocycles. The third-order valence-corrected chi connectivity index (χ3v) is 6.65. The molecule has 1 aliphatic heterocycles. The van der Waals surface area contributed by atoms with Crippen LogP contribution in [0.2, 0.25) is 0 Å². The summed E-state index contributed by atoms with van der Waals surface area (Å²) in [5, 5.41) is 4.08. The van der Waals surface area contributed by atoms with Gasteiger partial charge in [0.2, 0.25) is 0 Å². The number of hydrogen-bond acceptors (Lipinski definition) is 4. The maximum absolute atomic E-state index is 13.6. The van der Waals surface area contributed by atoms with Gasteiger partial charge in [0.1, 0.15) is 17.9 Å². The van der Waals surface area contributed by atoms with Crippen LogP contribution in [-0.4, -0.2) is 17.8 Å². The van der Waals surface area contributed by atoms with E-state index in [4.69, 9.17) is 4.74 Å². The van der Waals surface area contributed by atoms with Crippen LogP contribution in [0, 0.1) is 20.8 Å². The quantitative estimate of drug-likeness (QED) is 0.275. The van der Waals surface area contributed by atoms with Gasteiger partial charge in [-0.2, -0.15) is 0 Å². The third-order valence-electron chi connectivity index (χ3n) is 6.65. The maximum Gasteiger partial charge on any atom is 0.335 e. The van der Waals surface area contributed by atoms with Crippen molar-refractivity contribution in [1.82, 2.24) is 5.32 Å². The van der Waals surface area contributed by atoms with Crippen LogP contribution >= 0.6 is 0 Å². The van der Waals surface area contributed by atoms with Crippen molar-refractivity contribution in [1.29, 1.82) is 0 Å². The second-order valence-corrected chi connectivity index (χ2v) is 9.15. The van der Waals surface area contributed by atoms with Crippen LogP contribution in [-0.2, 0) is 16.2 Å². The summed E-state index contributed by atoms with van der Waals surface area (Å²) in [5.74, 6) is -0.892. The Labute approximate surface area is 215 Å². The highest BCUT2D eigenvalue weighted by Gasteiger charge is 2.37. The van der Waals surface area contributed by atoms with Gasteiger partial charge in [-0.15, -0.1) is 0 Å². The number of imide groups is 2. The molecule has 37 heavy (non-hydrogen) atoms. The van der Waals surface area contributed by atoms with Gasteiger partial charge >= 0.3 is 6.03 Å². The molecule has 0 unspecified atom stereocenters. The zero-order valence-electron chi connectivity index (χ0n) is 20.9. The van der Waals surface area contributed by atoms with Crippen molar-refractivity contribution < 1.29 is 19.1 Å². The fourth-order valence-electron chi connectivity index (χ4n) is 4.39. The van der Waals surface area contributed by atoms with E-state index in [9.17, 15) is 14.4 Å². The molecule has 5 rings (SSSR count). The van der Waals surface area contributed by atoms with E-state index < -0.39 is 17.8 Å². The molecule has 0 aromatic heterocycles. The molecule has 1 N–H and O–H groups in total. The average molecular weight is 491 g/mol. The second kappa shape index (κ2) is 9.74. The number of benzene rings is 4. The molecule has 6 nitrogen and oxygen atoms in total. The number of amides is 4. The summed E-state index contributed by atoms with van der Waals surface area (Å²) in [6.07, 6.45) is 1.52. The van der Waals surface area contributed by atoms with Crippen molar-refractivity contribution >= 4 is 40.4 Å². The predicted octanol–water partition coefficient (Wildman–Crippen LogP) is 6.01. The number of carbonyl (C=O) groups excluding carboxylic acids is 3. The number of nitrogens with zero attached hydrogens (tertiary/aromatic N) is 1. The molecule has 4 aromatic rings. The normalized spacial score (nSPS) is 14.8. The predicted molar refractivity (Wildman–Crippen MR) is 144 cm³/mol. The van der Waals surface area contributed by atoms with Gasteiger partial charge < -0.3 is 4.74 Å². The Balaban J connectivity index is 1.59. The Morgan fingerprint density at radius 3 is 2.38 bits per heavy atom. The molecule has 0 aliphatic carbocycles. The topological polar surface area (TPSA) is 75.7 Å². The van der Waals surface area contributed by atoms with E-state index in [1.165, 1.54) is 6.08 Å². The summed E-state index contributed by atoms with van der Waals surface area (Å²) in [6, 6.07) is 24.1. The Morgan fingerprint density at radius 1 is 0.838 bits per heavy atom. The van der Waals surface area contributed by atoms with Crippen LogP contribution in [0.4, 0.5) is 10.5 Å². The molecule has 184 valence electrons. The van der Waals surface area contributed by atoms with E-state index in [1.807, 2.05) is 87.5 Å². The molecule has 0 radical (unpaired) electrons. The fraction of sp³-hybridized carbons (Fsp3) is 0.129. The lowest BCUT2D eigenvalue weighted by molar-refractivity contribution is -0.122. The van der Waals surface area contributed by atoms with E-state index in [-0.39, 0.29) is 5.57 Å². The molecule has 1 saturated heterocycles. The minimum Gasteiger partial charge on any atom is -0.488 e. The second-order valence-electron chi connectivity index (χ2n) is 9.15. The first-order valence-electron chi connectivity index (χ1n) is 12.0. The fourth-order valence-corrected chi connectivity index (χ4v) is 4.39. The van der Waals surface area contributed by atoms with Gasteiger partial charge in [-0.3, -0.25) is 14.9 Å². The van der Waals surface area contributed by atoms with Crippen molar-refractivity contribution in [2.45, 2.75) is 27.4 Å². The zero-order chi connectivity index (χ0) is 26.1. The number of nitrogens with one attached hydrogen (secondary N) is 1. The van der Waals surface area contributed by atoms with E-state index in [0.717, 1.165) is 37.9 Å². The SMILES string of the molecule is Cc1ccc(COc2ccc3ccccc3c2/C=C2\C(=O)NC(=O)N(c3cccc(C)c3C)C2=O)cc1. The van der Waals surface area contributed by atoms with Crippen LogP contribution in [0.1, 0.15) is 27.8 Å². The van der Waals surface area contributed by atoms with E-state index in [0.29, 0.717) is 23.6 Å². The number of rotatable bonds is 5. The van der Waals surface area contributed by atoms with E-state index in [2.05, 4.69) is 5.32 Å². The van der Waals surface area contributed by atoms with Crippen molar-refractivity contribution in [2.24, 2.45) is 0 Å². The Hall–Kier alpha value is -4.71. The zero-order valence-corrected chi connectivity index (χ0v) is 20.9. The lowest BCUT2D eigenvalue weighted by Gasteiger charge is -2.28. The lowest BCUT2D eigenvalue weighted by Crippen LogP contribution is -2.54. The molecular weight excluding hydrogens is 464 g/mol. The summed E-state index contributed by atoms with van der Waals surface area (Å²) >= 11 is 0. The molecule has 6 heteroatoms. The van der Waals surface area contributed by atoms with Crippen LogP contribution in [0.25, 0.3) is 16.8 Å². The number of barbiturate groups is 1. The molecule has 4 amide bonds. The highest BCUT2D eigenvalue weighted by molar-refractivity contribution is 6.39. The Morgan fingerprint density at radius 2 is 1.59 bits per heavy atom. The molecule has 1 fully saturated rings. The van der Waals surface area contributed by atoms with Crippen molar-refractivity contribution in [3.8, 4) is 5.75 Å². The van der Waals surface area contributed by atoms with Gasteiger partial charge in [0.15, 0.2) is 0 Å². The summed E-state index contributed by atoms with van der Waals surface area (Å²) < 4.78 is 6.18. The van der Waals surface area contributed by atoms with Crippen LogP contribution in [0.3, 0.4) is 0 Å². The Bertz CT molecular complexity index is 1590. The number of ether oxygens (including phenoxy) is 1. The highest BCUT2D eigenvalue weighted by Crippen LogP contribution is 2.33. The van der Waals surface area contributed by atoms with Crippen molar-refractivity contribution in [2.75, 3.05) is 4.90 Å². The number of fused-ring (bicyclic) bond motifs is 1. The van der Waals surface area contributed by atoms with Crippen molar-refractivity contribution in [3.63, 3.8) is 0 Å². The summed E-state index contributed by atoms with van der Waals surface area (Å²) in [5.41, 5.74) is 4.76. The molecule has 0 saturated carbocycles. The van der Waals surface area contributed by atoms with Crippen molar-refractivity contribution in [3.05, 3.63) is 112 Å². The highest BCUT2D eigenvalue weighted by atomic mass is 16.5. The minimum absolute atomic E-state index is 0.142. The largest absolute Gasteiger partial charge is 0.488 e. The van der Waals surface area contributed by atoms with Gasteiger partial charge in [-0.05, 0) is 66.4 Å². The smallest absolute Gasteiger partial charge is 0.335 e. The van der Waals surface area contributed by atoms with Gasteiger partial charge in [-0.25, -0.2) is 9.69 Å².